The molecule has 3 aromatic rings. The van der Waals surface area contributed by atoms with E-state index in [9.17, 15) is 22.0 Å². The fourth-order valence-electron chi connectivity index (χ4n) is 2.64. The lowest BCUT2D eigenvalue weighted by atomic mass is 10.1. The molecule has 0 aliphatic heterocycles. The minimum absolute atomic E-state index is 0.00565. The number of benzene rings is 2. The summed E-state index contributed by atoms with van der Waals surface area (Å²) in [6, 6.07) is 10.3. The Kier molecular flexibility index (Phi) is 6.57. The molecule has 2 aromatic carbocycles. The van der Waals surface area contributed by atoms with Gasteiger partial charge in [-0.2, -0.15) is 4.98 Å². The Morgan fingerprint density at radius 2 is 1.77 bits per heavy atom. The van der Waals surface area contributed by atoms with Crippen molar-refractivity contribution in [1.82, 2.24) is 9.97 Å². The first-order valence-corrected chi connectivity index (χ1v) is 9.37. The van der Waals surface area contributed by atoms with Crippen LogP contribution in [0.1, 0.15) is 20.3 Å². The minimum atomic E-state index is -4.84. The van der Waals surface area contributed by atoms with Crippen molar-refractivity contribution in [3.05, 3.63) is 60.2 Å². The quantitative estimate of drug-likeness (QED) is 0.426. The number of nitrogens with zero attached hydrogens (tertiary/aromatic N) is 2. The lowest BCUT2D eigenvalue weighted by molar-refractivity contribution is -0.274. The SMILES string of the molecule is CC[C@@H](C)Nc1nc(Nc2cccc(F)c2F)cc(-c2cccc(OC(F)(F)F)c2)n1. The molecule has 1 aromatic heterocycles. The highest BCUT2D eigenvalue weighted by atomic mass is 19.4. The number of ether oxygens (including phenoxy) is 1. The van der Waals surface area contributed by atoms with E-state index in [2.05, 4.69) is 25.3 Å². The second-order valence-corrected chi connectivity index (χ2v) is 6.72. The van der Waals surface area contributed by atoms with Gasteiger partial charge in [0.2, 0.25) is 5.95 Å². The van der Waals surface area contributed by atoms with E-state index >= 15 is 0 Å². The number of nitrogens with one attached hydrogen (secondary N) is 2. The lowest BCUT2D eigenvalue weighted by Gasteiger charge is -2.15. The molecule has 5 nitrogen and oxygen atoms in total. The predicted octanol–water partition coefficient (Wildman–Crippen LogP) is 6.27. The zero-order chi connectivity index (χ0) is 22.6. The first kappa shape index (κ1) is 22.3. The second-order valence-electron chi connectivity index (χ2n) is 6.72. The molecule has 0 bridgehead atoms. The molecule has 0 unspecified atom stereocenters. The van der Waals surface area contributed by atoms with Gasteiger partial charge in [0.1, 0.15) is 11.6 Å². The standard InChI is InChI=1S/C21H19F5N4O/c1-3-12(2)27-20-29-17(13-6-4-7-14(10-13)31-21(24,25)26)11-18(30-20)28-16-9-5-8-15(22)19(16)23/h4-12H,3H2,1-2H3,(H2,27,28,29,30)/t12-/m1/s1. The number of rotatable bonds is 7. The van der Waals surface area contributed by atoms with E-state index in [1.54, 1.807) is 6.07 Å². The molecule has 0 saturated heterocycles. The van der Waals surface area contributed by atoms with Crippen LogP contribution >= 0.6 is 0 Å². The van der Waals surface area contributed by atoms with Gasteiger partial charge < -0.3 is 15.4 Å². The lowest BCUT2D eigenvalue weighted by Crippen LogP contribution is -2.17. The van der Waals surface area contributed by atoms with Crippen molar-refractivity contribution < 1.29 is 26.7 Å². The molecule has 0 amide bonds. The number of hydrogen-bond acceptors (Lipinski definition) is 5. The monoisotopic (exact) mass is 438 g/mol. The third-order valence-electron chi connectivity index (χ3n) is 4.29. The van der Waals surface area contributed by atoms with Crippen molar-refractivity contribution >= 4 is 17.5 Å². The topological polar surface area (TPSA) is 59.1 Å². The minimum Gasteiger partial charge on any atom is -0.406 e. The fraction of sp³-hybridized carbons (Fsp3) is 0.238. The smallest absolute Gasteiger partial charge is 0.406 e. The largest absolute Gasteiger partial charge is 0.573 e. The molecule has 3 rings (SSSR count). The molecule has 0 radical (unpaired) electrons. The van der Waals surface area contributed by atoms with Gasteiger partial charge in [0.05, 0.1) is 11.4 Å². The van der Waals surface area contributed by atoms with Crippen molar-refractivity contribution in [2.75, 3.05) is 10.6 Å². The average Bonchev–Trinajstić information content (AvgIpc) is 2.70. The van der Waals surface area contributed by atoms with E-state index < -0.39 is 23.7 Å². The van der Waals surface area contributed by atoms with Gasteiger partial charge in [0.25, 0.3) is 0 Å². The molecular weight excluding hydrogens is 419 g/mol. The zero-order valence-electron chi connectivity index (χ0n) is 16.6. The Labute approximate surface area is 175 Å². The van der Waals surface area contributed by atoms with Crippen LogP contribution < -0.4 is 15.4 Å². The summed E-state index contributed by atoms with van der Waals surface area (Å²) < 4.78 is 69.3. The number of aromatic nitrogens is 2. The molecule has 10 heteroatoms. The Morgan fingerprint density at radius 1 is 1.03 bits per heavy atom. The normalized spacial score (nSPS) is 12.4. The summed E-state index contributed by atoms with van der Waals surface area (Å²) in [4.78, 5) is 8.60. The summed E-state index contributed by atoms with van der Waals surface area (Å²) in [6.07, 6.45) is -4.08. The molecule has 2 N–H and O–H groups in total. The van der Waals surface area contributed by atoms with Gasteiger partial charge in [-0.3, -0.25) is 0 Å². The van der Waals surface area contributed by atoms with Gasteiger partial charge in [0.15, 0.2) is 11.6 Å². The van der Waals surface area contributed by atoms with Gasteiger partial charge >= 0.3 is 6.36 Å². The fourth-order valence-corrected chi connectivity index (χ4v) is 2.64. The molecule has 164 valence electrons. The number of halogens is 5. The first-order valence-electron chi connectivity index (χ1n) is 9.37. The van der Waals surface area contributed by atoms with Crippen LogP contribution in [0.3, 0.4) is 0 Å². The maximum atomic E-state index is 14.1. The first-order chi connectivity index (χ1) is 14.6. The van der Waals surface area contributed by atoms with Crippen molar-refractivity contribution in [1.29, 1.82) is 0 Å². The van der Waals surface area contributed by atoms with E-state index in [0.29, 0.717) is 5.56 Å². The maximum Gasteiger partial charge on any atom is 0.573 e. The molecular formula is C21H19F5N4O. The predicted molar refractivity (Wildman–Crippen MR) is 107 cm³/mol. The molecule has 0 aliphatic rings. The Bertz CT molecular complexity index is 1060. The Balaban J connectivity index is 2.01. The summed E-state index contributed by atoms with van der Waals surface area (Å²) in [6.45, 7) is 3.84. The summed E-state index contributed by atoms with van der Waals surface area (Å²) >= 11 is 0. The highest BCUT2D eigenvalue weighted by molar-refractivity contribution is 5.68. The highest BCUT2D eigenvalue weighted by Gasteiger charge is 2.31. The maximum absolute atomic E-state index is 14.1. The van der Waals surface area contributed by atoms with Gasteiger partial charge in [-0.15, -0.1) is 13.2 Å². The summed E-state index contributed by atoms with van der Waals surface area (Å²) in [5.41, 5.74) is 0.431. The molecule has 0 spiro atoms. The third-order valence-corrected chi connectivity index (χ3v) is 4.29. The molecule has 0 aliphatic carbocycles. The van der Waals surface area contributed by atoms with Crippen LogP contribution in [-0.2, 0) is 0 Å². The number of alkyl halides is 3. The van der Waals surface area contributed by atoms with Crippen LogP contribution in [0.25, 0.3) is 11.3 Å². The zero-order valence-corrected chi connectivity index (χ0v) is 16.6. The van der Waals surface area contributed by atoms with Gasteiger partial charge in [-0.1, -0.05) is 25.1 Å². The van der Waals surface area contributed by atoms with E-state index in [1.807, 2.05) is 13.8 Å². The van der Waals surface area contributed by atoms with Crippen LogP contribution in [0.15, 0.2) is 48.5 Å². The van der Waals surface area contributed by atoms with E-state index in [1.165, 1.54) is 30.3 Å². The molecule has 0 saturated carbocycles. The summed E-state index contributed by atoms with van der Waals surface area (Å²) in [5, 5.41) is 5.76. The van der Waals surface area contributed by atoms with Crippen LogP contribution in [-0.4, -0.2) is 22.4 Å². The van der Waals surface area contributed by atoms with Crippen LogP contribution in [0.2, 0.25) is 0 Å². The molecule has 0 fully saturated rings. The summed E-state index contributed by atoms with van der Waals surface area (Å²) in [7, 11) is 0. The van der Waals surface area contributed by atoms with Gasteiger partial charge in [0, 0.05) is 17.7 Å². The summed E-state index contributed by atoms with van der Waals surface area (Å²) in [5.74, 6) is -2.23. The van der Waals surface area contributed by atoms with Gasteiger partial charge in [-0.05, 0) is 37.6 Å². The Morgan fingerprint density at radius 3 is 2.48 bits per heavy atom. The third kappa shape index (κ3) is 6.03. The van der Waals surface area contributed by atoms with E-state index in [-0.39, 0.29) is 29.2 Å². The molecule has 31 heavy (non-hydrogen) atoms. The van der Waals surface area contributed by atoms with E-state index in [4.69, 9.17) is 0 Å². The van der Waals surface area contributed by atoms with Crippen LogP contribution in [0, 0.1) is 11.6 Å². The van der Waals surface area contributed by atoms with Crippen LogP contribution in [0.5, 0.6) is 5.75 Å². The van der Waals surface area contributed by atoms with Gasteiger partial charge in [-0.25, -0.2) is 13.8 Å². The number of anilines is 3. The molecule has 1 heterocycles. The number of hydrogen-bond donors (Lipinski definition) is 2. The second kappa shape index (κ2) is 9.15. The Hall–Kier alpha value is -3.43. The highest BCUT2D eigenvalue weighted by Crippen LogP contribution is 2.30. The van der Waals surface area contributed by atoms with Crippen molar-refractivity contribution in [3.8, 4) is 17.0 Å². The van der Waals surface area contributed by atoms with E-state index in [0.717, 1.165) is 18.6 Å². The van der Waals surface area contributed by atoms with Crippen molar-refractivity contribution in [2.45, 2.75) is 32.7 Å². The van der Waals surface area contributed by atoms with Crippen LogP contribution in [0.4, 0.5) is 39.4 Å². The van der Waals surface area contributed by atoms with Crippen molar-refractivity contribution in [2.24, 2.45) is 0 Å². The average molecular weight is 438 g/mol. The molecule has 1 atom stereocenters. The van der Waals surface area contributed by atoms with Crippen molar-refractivity contribution in [3.63, 3.8) is 0 Å².